The topological polar surface area (TPSA) is 77.9 Å². The largest absolute Gasteiger partial charge is 0.480 e. The number of aliphatic carboxylic acids is 1. The number of piperidine rings is 1. The molecule has 1 aromatic rings. The molecule has 0 bridgehead atoms. The van der Waals surface area contributed by atoms with E-state index in [0.717, 1.165) is 5.56 Å². The van der Waals surface area contributed by atoms with Gasteiger partial charge < -0.3 is 14.9 Å². The standard InChI is InChI=1S/C17H22N2O4/c1-18-9-8-13(11-15(18)20)16(21)19(2)14(17(22)23)10-12-6-4-3-5-7-12/h3-7,13-14H,8-11H2,1-2H3,(H,22,23). The van der Waals surface area contributed by atoms with Gasteiger partial charge in [0.2, 0.25) is 11.8 Å². The molecule has 0 radical (unpaired) electrons. The highest BCUT2D eigenvalue weighted by Gasteiger charge is 2.34. The predicted octanol–water partition coefficient (Wildman–Crippen LogP) is 1.01. The lowest BCUT2D eigenvalue weighted by molar-refractivity contribution is -0.152. The fraction of sp³-hybridized carbons (Fsp3) is 0.471. The smallest absolute Gasteiger partial charge is 0.326 e. The molecule has 1 N–H and O–H groups in total. The van der Waals surface area contributed by atoms with Gasteiger partial charge in [0.1, 0.15) is 6.04 Å². The van der Waals surface area contributed by atoms with Gasteiger partial charge in [0.25, 0.3) is 0 Å². The van der Waals surface area contributed by atoms with Crippen LogP contribution in [0.3, 0.4) is 0 Å². The molecule has 0 saturated carbocycles. The number of hydrogen-bond acceptors (Lipinski definition) is 3. The Morgan fingerprint density at radius 2 is 2.00 bits per heavy atom. The van der Waals surface area contributed by atoms with Gasteiger partial charge in [-0.05, 0) is 12.0 Å². The van der Waals surface area contributed by atoms with Crippen molar-refractivity contribution in [1.82, 2.24) is 9.80 Å². The van der Waals surface area contributed by atoms with Gasteiger partial charge in [-0.2, -0.15) is 0 Å². The minimum Gasteiger partial charge on any atom is -0.480 e. The van der Waals surface area contributed by atoms with Crippen molar-refractivity contribution < 1.29 is 19.5 Å². The molecular formula is C17H22N2O4. The van der Waals surface area contributed by atoms with E-state index in [2.05, 4.69) is 0 Å². The number of likely N-dealkylation sites (N-methyl/N-ethyl adjacent to an activating group) is 1. The molecule has 6 nitrogen and oxygen atoms in total. The summed E-state index contributed by atoms with van der Waals surface area (Å²) >= 11 is 0. The van der Waals surface area contributed by atoms with Crippen LogP contribution < -0.4 is 0 Å². The summed E-state index contributed by atoms with van der Waals surface area (Å²) < 4.78 is 0. The molecule has 1 aromatic carbocycles. The summed E-state index contributed by atoms with van der Waals surface area (Å²) in [5.41, 5.74) is 0.860. The number of carboxylic acids is 1. The third kappa shape index (κ3) is 4.09. The third-order valence-corrected chi connectivity index (χ3v) is 4.38. The SMILES string of the molecule is CN1CCC(C(=O)N(C)C(Cc2ccccc2)C(=O)O)CC1=O. The number of nitrogens with zero attached hydrogens (tertiary/aromatic N) is 2. The number of benzene rings is 1. The highest BCUT2D eigenvalue weighted by atomic mass is 16.4. The van der Waals surface area contributed by atoms with E-state index in [0.29, 0.717) is 13.0 Å². The third-order valence-electron chi connectivity index (χ3n) is 4.38. The number of carbonyl (C=O) groups is 3. The fourth-order valence-electron chi connectivity index (χ4n) is 2.82. The lowest BCUT2D eigenvalue weighted by Gasteiger charge is -2.33. The van der Waals surface area contributed by atoms with Crippen molar-refractivity contribution in [2.24, 2.45) is 5.92 Å². The summed E-state index contributed by atoms with van der Waals surface area (Å²) in [4.78, 5) is 38.8. The number of likely N-dealkylation sites (tertiary alicyclic amines) is 1. The van der Waals surface area contributed by atoms with Crippen molar-refractivity contribution in [3.8, 4) is 0 Å². The molecule has 2 atom stereocenters. The molecule has 23 heavy (non-hydrogen) atoms. The number of amides is 2. The van der Waals surface area contributed by atoms with Gasteiger partial charge in [-0.25, -0.2) is 4.79 Å². The highest BCUT2D eigenvalue weighted by molar-refractivity contribution is 5.89. The molecule has 6 heteroatoms. The van der Waals surface area contributed by atoms with Gasteiger partial charge in [0.15, 0.2) is 0 Å². The lowest BCUT2D eigenvalue weighted by atomic mass is 9.94. The molecule has 2 unspecified atom stereocenters. The van der Waals surface area contributed by atoms with Crippen molar-refractivity contribution in [2.45, 2.75) is 25.3 Å². The van der Waals surface area contributed by atoms with Crippen LogP contribution in [0, 0.1) is 5.92 Å². The van der Waals surface area contributed by atoms with Gasteiger partial charge in [0.05, 0.1) is 0 Å². The Morgan fingerprint density at radius 1 is 1.35 bits per heavy atom. The minimum atomic E-state index is -1.04. The van der Waals surface area contributed by atoms with E-state index in [1.54, 1.807) is 11.9 Å². The zero-order valence-electron chi connectivity index (χ0n) is 13.4. The first-order valence-electron chi connectivity index (χ1n) is 7.67. The molecule has 0 aromatic heterocycles. The Morgan fingerprint density at radius 3 is 2.57 bits per heavy atom. The minimum absolute atomic E-state index is 0.0714. The van der Waals surface area contributed by atoms with Crippen LogP contribution in [-0.4, -0.2) is 59.4 Å². The first-order valence-corrected chi connectivity index (χ1v) is 7.67. The van der Waals surface area contributed by atoms with Crippen molar-refractivity contribution >= 4 is 17.8 Å². The summed E-state index contributed by atoms with van der Waals surface area (Å²) in [6.45, 7) is 0.527. The average molecular weight is 318 g/mol. The normalized spacial score (nSPS) is 19.3. The van der Waals surface area contributed by atoms with Crippen LogP contribution in [0.2, 0.25) is 0 Å². The Hall–Kier alpha value is -2.37. The van der Waals surface area contributed by atoms with E-state index < -0.39 is 17.9 Å². The Balaban J connectivity index is 2.08. The van der Waals surface area contributed by atoms with E-state index >= 15 is 0 Å². The fourth-order valence-corrected chi connectivity index (χ4v) is 2.82. The van der Waals surface area contributed by atoms with Crippen LogP contribution >= 0.6 is 0 Å². The lowest BCUT2D eigenvalue weighted by Crippen LogP contribution is -2.49. The van der Waals surface area contributed by atoms with Gasteiger partial charge in [-0.15, -0.1) is 0 Å². The van der Waals surface area contributed by atoms with Crippen LogP contribution in [-0.2, 0) is 20.8 Å². The van der Waals surface area contributed by atoms with Crippen molar-refractivity contribution in [2.75, 3.05) is 20.6 Å². The van der Waals surface area contributed by atoms with E-state index in [1.165, 1.54) is 11.9 Å². The first kappa shape index (κ1) is 17.0. The highest BCUT2D eigenvalue weighted by Crippen LogP contribution is 2.21. The van der Waals surface area contributed by atoms with Gasteiger partial charge in [-0.3, -0.25) is 9.59 Å². The van der Waals surface area contributed by atoms with Gasteiger partial charge in [0, 0.05) is 39.4 Å². The van der Waals surface area contributed by atoms with Crippen LogP contribution in [0.1, 0.15) is 18.4 Å². The van der Waals surface area contributed by atoms with E-state index in [-0.39, 0.29) is 24.7 Å². The maximum atomic E-state index is 12.6. The zero-order valence-corrected chi connectivity index (χ0v) is 13.4. The van der Waals surface area contributed by atoms with Crippen LogP contribution in [0.15, 0.2) is 30.3 Å². The van der Waals surface area contributed by atoms with Crippen LogP contribution in [0.25, 0.3) is 0 Å². The second kappa shape index (κ2) is 7.26. The first-order chi connectivity index (χ1) is 10.9. The van der Waals surface area contributed by atoms with Crippen LogP contribution in [0.4, 0.5) is 0 Å². The quantitative estimate of drug-likeness (QED) is 0.879. The number of rotatable bonds is 5. The van der Waals surface area contributed by atoms with Crippen LogP contribution in [0.5, 0.6) is 0 Å². The second-order valence-corrected chi connectivity index (χ2v) is 6.00. The van der Waals surface area contributed by atoms with Crippen molar-refractivity contribution in [3.05, 3.63) is 35.9 Å². The monoisotopic (exact) mass is 318 g/mol. The van der Waals surface area contributed by atoms with E-state index in [4.69, 9.17) is 0 Å². The molecule has 2 amide bonds. The molecule has 2 rings (SSSR count). The van der Waals surface area contributed by atoms with Gasteiger partial charge >= 0.3 is 5.97 Å². The Labute approximate surface area is 135 Å². The second-order valence-electron chi connectivity index (χ2n) is 6.00. The molecule has 1 aliphatic rings. The maximum absolute atomic E-state index is 12.6. The molecule has 0 spiro atoms. The van der Waals surface area contributed by atoms with Crippen molar-refractivity contribution in [3.63, 3.8) is 0 Å². The molecule has 1 saturated heterocycles. The molecule has 1 heterocycles. The molecular weight excluding hydrogens is 296 g/mol. The average Bonchev–Trinajstić information content (AvgIpc) is 2.54. The molecule has 1 aliphatic heterocycles. The van der Waals surface area contributed by atoms with Gasteiger partial charge in [-0.1, -0.05) is 30.3 Å². The Bertz CT molecular complexity index is 588. The molecule has 0 aliphatic carbocycles. The van der Waals surface area contributed by atoms with Crippen molar-refractivity contribution in [1.29, 1.82) is 0 Å². The summed E-state index contributed by atoms with van der Waals surface area (Å²) in [6.07, 6.45) is 0.972. The van der Waals surface area contributed by atoms with E-state index in [9.17, 15) is 19.5 Å². The predicted molar refractivity (Wildman–Crippen MR) is 84.7 cm³/mol. The summed E-state index contributed by atoms with van der Waals surface area (Å²) in [5.74, 6) is -1.81. The summed E-state index contributed by atoms with van der Waals surface area (Å²) in [5, 5.41) is 9.48. The maximum Gasteiger partial charge on any atom is 0.326 e. The number of carboxylic acid groups (broad SMARTS) is 1. The molecule has 1 fully saturated rings. The van der Waals surface area contributed by atoms with E-state index in [1.807, 2.05) is 30.3 Å². The number of hydrogen-bond donors (Lipinski definition) is 1. The zero-order chi connectivity index (χ0) is 17.0. The summed E-state index contributed by atoms with van der Waals surface area (Å²) in [6, 6.07) is 8.29. The Kier molecular flexibility index (Phi) is 5.36. The number of carbonyl (C=O) groups excluding carboxylic acids is 2. The molecule has 124 valence electrons. The summed E-state index contributed by atoms with van der Waals surface area (Å²) in [7, 11) is 3.22.